The van der Waals surface area contributed by atoms with Crippen LogP contribution in [0.25, 0.3) is 0 Å². The predicted octanol–water partition coefficient (Wildman–Crippen LogP) is -0.726. The Morgan fingerprint density at radius 1 is 1.79 bits per heavy atom. The third kappa shape index (κ3) is 2.79. The van der Waals surface area contributed by atoms with Gasteiger partial charge in [-0.2, -0.15) is 5.26 Å². The van der Waals surface area contributed by atoms with Gasteiger partial charge in [-0.05, 0) is 0 Å². The summed E-state index contributed by atoms with van der Waals surface area (Å²) in [5.41, 5.74) is 0.273. The van der Waals surface area contributed by atoms with Crippen molar-refractivity contribution in [3.05, 3.63) is 22.4 Å². The van der Waals surface area contributed by atoms with E-state index in [4.69, 9.17) is 5.26 Å². The van der Waals surface area contributed by atoms with E-state index in [2.05, 4.69) is 15.3 Å². The van der Waals surface area contributed by atoms with E-state index >= 15 is 0 Å². The van der Waals surface area contributed by atoms with Crippen molar-refractivity contribution in [3.63, 3.8) is 0 Å². The summed E-state index contributed by atoms with van der Waals surface area (Å²) in [6.07, 6.45) is 1.77. The number of imidazole rings is 1. The first-order chi connectivity index (χ1) is 6.61. The number of rotatable bonds is 3. The maximum absolute atomic E-state index is 10.7. The zero-order chi connectivity index (χ0) is 10.6. The lowest BCUT2D eigenvalue weighted by Crippen LogP contribution is -2.33. The van der Waals surface area contributed by atoms with Crippen molar-refractivity contribution in [2.24, 2.45) is 0 Å². The Kier molecular flexibility index (Phi) is 3.07. The van der Waals surface area contributed by atoms with E-state index in [-0.39, 0.29) is 18.0 Å². The van der Waals surface area contributed by atoms with E-state index in [1.54, 1.807) is 0 Å². The third-order valence-corrected chi connectivity index (χ3v) is 1.61. The Hall–Kier alpha value is -2.03. The number of aromatic amines is 2. The van der Waals surface area contributed by atoms with Gasteiger partial charge in [0.1, 0.15) is 6.04 Å². The number of nitriles is 1. The fourth-order valence-corrected chi connectivity index (χ4v) is 1.07. The van der Waals surface area contributed by atoms with E-state index in [1.807, 2.05) is 6.07 Å². The van der Waals surface area contributed by atoms with Crippen LogP contribution in [0.1, 0.15) is 12.6 Å². The Morgan fingerprint density at radius 2 is 2.50 bits per heavy atom. The molecule has 3 N–H and O–H groups in total. The van der Waals surface area contributed by atoms with Gasteiger partial charge in [-0.1, -0.05) is 0 Å². The van der Waals surface area contributed by atoms with Crippen molar-refractivity contribution in [2.75, 3.05) is 0 Å². The molecule has 0 spiro atoms. The second-order valence-electron chi connectivity index (χ2n) is 2.85. The smallest absolute Gasteiger partial charge is 0.323 e. The summed E-state index contributed by atoms with van der Waals surface area (Å²) >= 11 is 0. The molecule has 0 aromatic carbocycles. The first kappa shape index (κ1) is 10.1. The number of H-pyrrole nitrogens is 2. The number of aromatic nitrogens is 2. The highest BCUT2D eigenvalue weighted by atomic mass is 16.1. The maximum atomic E-state index is 10.7. The average Bonchev–Trinajstić information content (AvgIpc) is 2.49. The summed E-state index contributed by atoms with van der Waals surface area (Å²) in [5, 5.41) is 11.1. The van der Waals surface area contributed by atoms with Crippen LogP contribution in [0.3, 0.4) is 0 Å². The molecular weight excluding hydrogens is 184 g/mol. The quantitative estimate of drug-likeness (QED) is 0.591. The molecule has 14 heavy (non-hydrogen) atoms. The van der Waals surface area contributed by atoms with Crippen LogP contribution in [0.4, 0.5) is 0 Å². The fourth-order valence-electron chi connectivity index (χ4n) is 1.07. The normalized spacial score (nSPS) is 11.7. The van der Waals surface area contributed by atoms with Gasteiger partial charge in [0.25, 0.3) is 0 Å². The van der Waals surface area contributed by atoms with Crippen molar-refractivity contribution in [1.29, 1.82) is 5.26 Å². The van der Waals surface area contributed by atoms with Gasteiger partial charge in [-0.3, -0.25) is 4.79 Å². The minimum Gasteiger partial charge on any atom is -0.340 e. The number of nitrogens with one attached hydrogen (secondary N) is 3. The highest BCUT2D eigenvalue weighted by Crippen LogP contribution is 1.95. The van der Waals surface area contributed by atoms with Crippen LogP contribution in [-0.2, 0) is 11.2 Å². The lowest BCUT2D eigenvalue weighted by atomic mass is 10.2. The first-order valence-electron chi connectivity index (χ1n) is 4.05. The molecule has 0 saturated carbocycles. The minimum atomic E-state index is -0.612. The Balaban J connectivity index is 2.62. The van der Waals surface area contributed by atoms with Crippen LogP contribution >= 0.6 is 0 Å². The van der Waals surface area contributed by atoms with Crippen molar-refractivity contribution in [1.82, 2.24) is 15.3 Å². The van der Waals surface area contributed by atoms with Crippen LogP contribution < -0.4 is 11.0 Å². The summed E-state index contributed by atoms with van der Waals surface area (Å²) in [6, 6.07) is 1.31. The molecule has 1 aromatic heterocycles. The molecule has 1 heterocycles. The molecule has 0 aliphatic heterocycles. The fraction of sp³-hybridized carbons (Fsp3) is 0.375. The molecular formula is C8H10N4O2. The van der Waals surface area contributed by atoms with Crippen LogP contribution in [-0.4, -0.2) is 21.9 Å². The summed E-state index contributed by atoms with van der Waals surface area (Å²) in [4.78, 5) is 26.3. The highest BCUT2D eigenvalue weighted by molar-refractivity contribution is 5.73. The van der Waals surface area contributed by atoms with E-state index in [0.717, 1.165) is 0 Å². The molecule has 74 valence electrons. The van der Waals surface area contributed by atoms with E-state index in [9.17, 15) is 9.59 Å². The highest BCUT2D eigenvalue weighted by Gasteiger charge is 2.10. The predicted molar refractivity (Wildman–Crippen MR) is 48.3 cm³/mol. The molecule has 1 atom stereocenters. The van der Waals surface area contributed by atoms with E-state index < -0.39 is 6.04 Å². The Bertz CT molecular complexity index is 411. The van der Waals surface area contributed by atoms with Gasteiger partial charge in [0.15, 0.2) is 0 Å². The Morgan fingerprint density at radius 3 is 2.93 bits per heavy atom. The summed E-state index contributed by atoms with van der Waals surface area (Å²) in [7, 11) is 0. The number of carbonyl (C=O) groups excluding carboxylic acids is 1. The largest absolute Gasteiger partial charge is 0.340 e. The summed E-state index contributed by atoms with van der Waals surface area (Å²) < 4.78 is 0. The molecule has 0 bridgehead atoms. The number of carbonyl (C=O) groups is 1. The van der Waals surface area contributed by atoms with Crippen LogP contribution in [0.2, 0.25) is 0 Å². The van der Waals surface area contributed by atoms with E-state index in [0.29, 0.717) is 5.69 Å². The molecule has 1 amide bonds. The SMILES string of the molecule is CC(=O)NC(C#N)Cc1c[nH]c(=O)[nH]1. The molecule has 0 aliphatic rings. The number of hydrogen-bond donors (Lipinski definition) is 3. The topological polar surface area (TPSA) is 102 Å². The standard InChI is InChI=1S/C8H10N4O2/c1-5(13)11-6(3-9)2-7-4-10-8(14)12-7/h4,6H,2H2,1H3,(H,11,13)(H2,10,12,14). The van der Waals surface area contributed by atoms with E-state index in [1.165, 1.54) is 13.1 Å². The van der Waals surface area contributed by atoms with Gasteiger partial charge < -0.3 is 15.3 Å². The lowest BCUT2D eigenvalue weighted by Gasteiger charge is -2.07. The van der Waals surface area contributed by atoms with Crippen molar-refractivity contribution in [2.45, 2.75) is 19.4 Å². The summed E-state index contributed by atoms with van der Waals surface area (Å²) in [6.45, 7) is 1.34. The molecule has 0 fully saturated rings. The number of amides is 1. The molecule has 0 aliphatic carbocycles. The van der Waals surface area contributed by atoms with Gasteiger partial charge in [0.05, 0.1) is 6.07 Å². The van der Waals surface area contributed by atoms with Crippen molar-refractivity contribution in [3.8, 4) is 6.07 Å². The van der Waals surface area contributed by atoms with Gasteiger partial charge >= 0.3 is 5.69 Å². The van der Waals surface area contributed by atoms with Crippen LogP contribution in [0.15, 0.2) is 11.0 Å². The zero-order valence-corrected chi connectivity index (χ0v) is 7.63. The molecule has 0 radical (unpaired) electrons. The number of nitrogens with zero attached hydrogens (tertiary/aromatic N) is 1. The molecule has 1 unspecified atom stereocenters. The monoisotopic (exact) mass is 194 g/mol. The summed E-state index contributed by atoms with van der Waals surface area (Å²) in [5.74, 6) is -0.269. The number of hydrogen-bond acceptors (Lipinski definition) is 3. The van der Waals surface area contributed by atoms with Crippen molar-refractivity contribution < 1.29 is 4.79 Å². The third-order valence-electron chi connectivity index (χ3n) is 1.61. The molecule has 1 rings (SSSR count). The van der Waals surface area contributed by atoms with Crippen molar-refractivity contribution >= 4 is 5.91 Å². The minimum absolute atomic E-state index is 0.269. The van der Waals surface area contributed by atoms with Crippen LogP contribution in [0, 0.1) is 11.3 Å². The lowest BCUT2D eigenvalue weighted by molar-refractivity contribution is -0.119. The van der Waals surface area contributed by atoms with Crippen LogP contribution in [0.5, 0.6) is 0 Å². The molecule has 6 heteroatoms. The van der Waals surface area contributed by atoms with Gasteiger partial charge in [-0.25, -0.2) is 4.79 Å². The molecule has 0 saturated heterocycles. The molecule has 6 nitrogen and oxygen atoms in total. The second-order valence-corrected chi connectivity index (χ2v) is 2.85. The first-order valence-corrected chi connectivity index (χ1v) is 4.05. The van der Waals surface area contributed by atoms with Gasteiger partial charge in [-0.15, -0.1) is 0 Å². The van der Waals surface area contributed by atoms with Gasteiger partial charge in [0, 0.05) is 25.2 Å². The Labute approximate surface area is 80.0 Å². The second kappa shape index (κ2) is 4.28. The average molecular weight is 194 g/mol. The molecule has 1 aromatic rings. The van der Waals surface area contributed by atoms with Gasteiger partial charge in [0.2, 0.25) is 5.91 Å². The maximum Gasteiger partial charge on any atom is 0.323 e. The zero-order valence-electron chi connectivity index (χ0n) is 7.63.